The molecule has 140 valence electrons. The summed E-state index contributed by atoms with van der Waals surface area (Å²) in [5, 5.41) is 13.2. The number of nitrogens with zero attached hydrogens (tertiary/aromatic N) is 4. The number of fused-ring (bicyclic) bond motifs is 1. The SMILES string of the molecule is C=C(C)C(=O)Nc1nc2cc(C(O)N3CCC3)cnc2n1CCCOC. The molecule has 1 amide bonds. The van der Waals surface area contributed by atoms with Crippen LogP contribution >= 0.6 is 0 Å². The van der Waals surface area contributed by atoms with Gasteiger partial charge in [-0.05, 0) is 25.8 Å². The number of aliphatic hydroxyl groups excluding tert-OH is 1. The highest BCUT2D eigenvalue weighted by Gasteiger charge is 2.24. The lowest BCUT2D eigenvalue weighted by Crippen LogP contribution is -2.40. The van der Waals surface area contributed by atoms with Crippen molar-refractivity contribution in [3.05, 3.63) is 30.0 Å². The molecule has 0 bridgehead atoms. The molecule has 1 aliphatic rings. The molecule has 0 aromatic carbocycles. The van der Waals surface area contributed by atoms with E-state index in [1.54, 1.807) is 20.2 Å². The quantitative estimate of drug-likeness (QED) is 0.550. The van der Waals surface area contributed by atoms with Crippen LogP contribution in [0.4, 0.5) is 5.95 Å². The van der Waals surface area contributed by atoms with Crippen LogP contribution < -0.4 is 5.32 Å². The van der Waals surface area contributed by atoms with Crippen LogP contribution in [-0.4, -0.2) is 57.3 Å². The lowest BCUT2D eigenvalue weighted by molar-refractivity contribution is -0.112. The first-order valence-corrected chi connectivity index (χ1v) is 8.75. The molecule has 2 aromatic heterocycles. The Morgan fingerprint density at radius 3 is 2.88 bits per heavy atom. The number of anilines is 1. The Hall–Kier alpha value is -2.29. The van der Waals surface area contributed by atoms with Crippen molar-refractivity contribution in [2.75, 3.05) is 32.1 Å². The second kappa shape index (κ2) is 7.94. The summed E-state index contributed by atoms with van der Waals surface area (Å²) in [6.07, 6.45) is 2.85. The van der Waals surface area contributed by atoms with Crippen molar-refractivity contribution in [3.63, 3.8) is 0 Å². The van der Waals surface area contributed by atoms with E-state index in [0.717, 1.165) is 25.9 Å². The number of pyridine rings is 1. The van der Waals surface area contributed by atoms with Crippen molar-refractivity contribution in [3.8, 4) is 0 Å². The molecule has 1 fully saturated rings. The first-order valence-electron chi connectivity index (χ1n) is 8.75. The van der Waals surface area contributed by atoms with E-state index in [1.165, 1.54) is 0 Å². The van der Waals surface area contributed by atoms with Gasteiger partial charge in [-0.2, -0.15) is 0 Å². The maximum Gasteiger partial charge on any atom is 0.253 e. The Morgan fingerprint density at radius 1 is 1.50 bits per heavy atom. The monoisotopic (exact) mass is 359 g/mol. The molecule has 0 spiro atoms. The molecule has 1 aliphatic heterocycles. The molecule has 1 atom stereocenters. The standard InChI is InChI=1S/C18H25N5O3/c1-12(2)16(24)21-18-20-14-10-13(17(25)22-6-4-7-22)11-19-15(14)23(18)8-5-9-26-3/h10-11,17,25H,1,4-9H2,2-3H3,(H,20,21,24). The highest BCUT2D eigenvalue weighted by Crippen LogP contribution is 2.26. The van der Waals surface area contributed by atoms with Gasteiger partial charge in [-0.1, -0.05) is 6.58 Å². The van der Waals surface area contributed by atoms with Crippen molar-refractivity contribution < 1.29 is 14.6 Å². The Bertz CT molecular complexity index is 813. The molecule has 8 heteroatoms. The van der Waals surface area contributed by atoms with Gasteiger partial charge in [0.25, 0.3) is 5.91 Å². The normalized spacial score (nSPS) is 15.7. The van der Waals surface area contributed by atoms with Crippen LogP contribution in [0.2, 0.25) is 0 Å². The maximum atomic E-state index is 12.0. The van der Waals surface area contributed by atoms with E-state index < -0.39 is 6.23 Å². The summed E-state index contributed by atoms with van der Waals surface area (Å²) in [6.45, 7) is 8.27. The van der Waals surface area contributed by atoms with E-state index in [4.69, 9.17) is 4.74 Å². The first-order chi connectivity index (χ1) is 12.5. The smallest absolute Gasteiger partial charge is 0.253 e. The third kappa shape index (κ3) is 3.77. The molecular weight excluding hydrogens is 334 g/mol. The molecule has 26 heavy (non-hydrogen) atoms. The number of aryl methyl sites for hydroxylation is 1. The summed E-state index contributed by atoms with van der Waals surface area (Å²) in [7, 11) is 1.65. The van der Waals surface area contributed by atoms with Crippen LogP contribution in [0.25, 0.3) is 11.2 Å². The summed E-state index contributed by atoms with van der Waals surface area (Å²) < 4.78 is 6.97. The van der Waals surface area contributed by atoms with Crippen LogP contribution in [0.3, 0.4) is 0 Å². The zero-order chi connectivity index (χ0) is 18.7. The number of rotatable bonds is 8. The van der Waals surface area contributed by atoms with Crippen molar-refractivity contribution in [1.82, 2.24) is 19.4 Å². The molecule has 0 aliphatic carbocycles. The topological polar surface area (TPSA) is 92.5 Å². The van der Waals surface area contributed by atoms with Crippen molar-refractivity contribution in [2.45, 2.75) is 32.5 Å². The number of likely N-dealkylation sites (tertiary alicyclic amines) is 1. The number of carbonyl (C=O) groups is 1. The third-order valence-electron chi connectivity index (χ3n) is 4.48. The van der Waals surface area contributed by atoms with Crippen molar-refractivity contribution in [2.24, 2.45) is 0 Å². The maximum absolute atomic E-state index is 12.0. The highest BCUT2D eigenvalue weighted by atomic mass is 16.5. The van der Waals surface area contributed by atoms with Crippen LogP contribution in [-0.2, 0) is 16.1 Å². The number of nitrogens with one attached hydrogen (secondary N) is 1. The molecule has 1 unspecified atom stereocenters. The van der Waals surface area contributed by atoms with Crippen molar-refractivity contribution in [1.29, 1.82) is 0 Å². The predicted octanol–water partition coefficient (Wildman–Crippen LogP) is 1.68. The van der Waals surface area contributed by atoms with Crippen LogP contribution in [0, 0.1) is 0 Å². The fraction of sp³-hybridized carbons (Fsp3) is 0.500. The fourth-order valence-corrected chi connectivity index (χ4v) is 2.85. The second-order valence-corrected chi connectivity index (χ2v) is 6.54. The van der Waals surface area contributed by atoms with Gasteiger partial charge in [0.05, 0.1) is 0 Å². The summed E-state index contributed by atoms with van der Waals surface area (Å²) in [5.41, 5.74) is 2.41. The average molecular weight is 359 g/mol. The zero-order valence-electron chi connectivity index (χ0n) is 15.2. The molecule has 8 nitrogen and oxygen atoms in total. The number of hydrogen-bond donors (Lipinski definition) is 2. The summed E-state index contributed by atoms with van der Waals surface area (Å²) in [5.74, 6) is 0.140. The Kier molecular flexibility index (Phi) is 5.65. The molecule has 3 heterocycles. The van der Waals surface area contributed by atoms with Gasteiger partial charge in [0, 0.05) is 50.7 Å². The zero-order valence-corrected chi connectivity index (χ0v) is 15.2. The lowest BCUT2D eigenvalue weighted by atomic mass is 10.1. The van der Waals surface area contributed by atoms with E-state index in [0.29, 0.717) is 41.4 Å². The minimum Gasteiger partial charge on any atom is -0.385 e. The van der Waals surface area contributed by atoms with Crippen LogP contribution in [0.1, 0.15) is 31.6 Å². The van der Waals surface area contributed by atoms with E-state index in [1.807, 2.05) is 15.5 Å². The molecule has 1 saturated heterocycles. The lowest BCUT2D eigenvalue weighted by Gasteiger charge is -2.35. The minimum absolute atomic E-state index is 0.283. The Balaban J connectivity index is 1.93. The van der Waals surface area contributed by atoms with Gasteiger partial charge in [0.15, 0.2) is 5.65 Å². The van der Waals surface area contributed by atoms with E-state index in [2.05, 4.69) is 21.9 Å². The van der Waals surface area contributed by atoms with Crippen LogP contribution in [0.15, 0.2) is 24.4 Å². The fourth-order valence-electron chi connectivity index (χ4n) is 2.85. The molecule has 0 saturated carbocycles. The average Bonchev–Trinajstić information content (AvgIpc) is 2.90. The summed E-state index contributed by atoms with van der Waals surface area (Å²) in [6, 6.07) is 1.83. The van der Waals surface area contributed by atoms with E-state index in [9.17, 15) is 9.90 Å². The number of hydrogen-bond acceptors (Lipinski definition) is 6. The highest BCUT2D eigenvalue weighted by molar-refractivity contribution is 6.02. The van der Waals surface area contributed by atoms with Gasteiger partial charge >= 0.3 is 0 Å². The van der Waals surface area contributed by atoms with Crippen molar-refractivity contribution >= 4 is 23.0 Å². The minimum atomic E-state index is -0.673. The largest absolute Gasteiger partial charge is 0.385 e. The Morgan fingerprint density at radius 2 is 2.27 bits per heavy atom. The first kappa shape index (κ1) is 18.5. The molecule has 2 aromatic rings. The number of aliphatic hydroxyl groups is 1. The van der Waals surface area contributed by atoms with Gasteiger partial charge in [0.1, 0.15) is 11.7 Å². The number of aromatic nitrogens is 3. The number of methoxy groups -OCH3 is 1. The van der Waals surface area contributed by atoms with E-state index in [-0.39, 0.29) is 5.91 Å². The van der Waals surface area contributed by atoms with Gasteiger partial charge in [-0.25, -0.2) is 9.97 Å². The molecular formula is C18H25N5O3. The van der Waals surface area contributed by atoms with E-state index >= 15 is 0 Å². The van der Waals surface area contributed by atoms with Gasteiger partial charge in [0.2, 0.25) is 5.95 Å². The number of imidazole rings is 1. The number of amides is 1. The second-order valence-electron chi connectivity index (χ2n) is 6.54. The van der Waals surface area contributed by atoms with Crippen LogP contribution in [0.5, 0.6) is 0 Å². The Labute approximate surface area is 152 Å². The van der Waals surface area contributed by atoms with Gasteiger partial charge in [-0.3, -0.25) is 19.6 Å². The predicted molar refractivity (Wildman–Crippen MR) is 98.6 cm³/mol. The molecule has 3 rings (SSSR count). The number of ether oxygens (including phenoxy) is 1. The molecule has 0 radical (unpaired) electrons. The van der Waals surface area contributed by atoms with Gasteiger partial charge in [-0.15, -0.1) is 0 Å². The third-order valence-corrected chi connectivity index (χ3v) is 4.48. The number of carbonyl (C=O) groups excluding carboxylic acids is 1. The molecule has 2 N–H and O–H groups in total. The summed E-state index contributed by atoms with van der Waals surface area (Å²) in [4.78, 5) is 23.0. The summed E-state index contributed by atoms with van der Waals surface area (Å²) >= 11 is 0. The van der Waals surface area contributed by atoms with Gasteiger partial charge < -0.3 is 9.84 Å².